The van der Waals surface area contributed by atoms with E-state index in [-0.39, 0.29) is 6.23 Å². The first kappa shape index (κ1) is 18.2. The van der Waals surface area contributed by atoms with Gasteiger partial charge in [-0.25, -0.2) is 4.68 Å². The molecule has 3 aromatic rings. The van der Waals surface area contributed by atoms with Crippen molar-refractivity contribution in [2.24, 2.45) is 5.73 Å². The second-order valence-electron chi connectivity index (χ2n) is 6.71. The van der Waals surface area contributed by atoms with Crippen LogP contribution in [-0.4, -0.2) is 27.3 Å². The van der Waals surface area contributed by atoms with Gasteiger partial charge in [0.1, 0.15) is 12.4 Å². The molecule has 0 radical (unpaired) electrons. The lowest BCUT2D eigenvalue weighted by Crippen LogP contribution is -2.20. The zero-order valence-corrected chi connectivity index (χ0v) is 15.5. The van der Waals surface area contributed by atoms with Crippen LogP contribution in [-0.2, 0) is 11.3 Å². The third-order valence-electron chi connectivity index (χ3n) is 4.71. The van der Waals surface area contributed by atoms with Gasteiger partial charge < -0.3 is 15.2 Å². The highest BCUT2D eigenvalue weighted by Crippen LogP contribution is 2.28. The Bertz CT molecular complexity index is 946. The number of carbonyl (C=O) groups excluding carboxylic acids is 1. The van der Waals surface area contributed by atoms with Gasteiger partial charge in [0.15, 0.2) is 6.23 Å². The van der Waals surface area contributed by atoms with Crippen LogP contribution in [0.1, 0.15) is 41.4 Å². The molecule has 1 atom stereocenters. The van der Waals surface area contributed by atoms with Crippen LogP contribution in [0.5, 0.6) is 5.75 Å². The van der Waals surface area contributed by atoms with Gasteiger partial charge in [-0.3, -0.25) is 9.78 Å². The summed E-state index contributed by atoms with van der Waals surface area (Å²) in [6.45, 7) is 1.09. The van der Waals surface area contributed by atoms with Crippen molar-refractivity contribution in [3.8, 4) is 17.1 Å². The van der Waals surface area contributed by atoms with E-state index in [4.69, 9.17) is 15.2 Å². The van der Waals surface area contributed by atoms with E-state index in [0.29, 0.717) is 17.9 Å². The molecular formula is C21H22N4O3. The molecule has 7 nitrogen and oxygen atoms in total. The number of nitrogens with two attached hydrogens (primary N) is 1. The first-order valence-electron chi connectivity index (χ1n) is 9.34. The smallest absolute Gasteiger partial charge is 0.248 e. The number of hydrogen-bond donors (Lipinski definition) is 1. The van der Waals surface area contributed by atoms with Crippen molar-refractivity contribution in [3.63, 3.8) is 0 Å². The van der Waals surface area contributed by atoms with E-state index in [1.54, 1.807) is 30.6 Å². The van der Waals surface area contributed by atoms with Gasteiger partial charge >= 0.3 is 0 Å². The molecule has 0 spiro atoms. The number of nitrogens with zero attached hydrogens (tertiary/aromatic N) is 3. The van der Waals surface area contributed by atoms with Crippen LogP contribution in [0.3, 0.4) is 0 Å². The average Bonchev–Trinajstić information content (AvgIpc) is 3.23. The van der Waals surface area contributed by atoms with E-state index < -0.39 is 5.91 Å². The molecule has 144 valence electrons. The fourth-order valence-electron chi connectivity index (χ4n) is 3.26. The molecule has 1 unspecified atom stereocenters. The Balaban J connectivity index is 1.44. The van der Waals surface area contributed by atoms with E-state index >= 15 is 0 Å². The number of benzene rings is 1. The number of hydrogen-bond acceptors (Lipinski definition) is 5. The Hall–Kier alpha value is -3.19. The van der Waals surface area contributed by atoms with E-state index in [1.165, 1.54) is 0 Å². The molecule has 4 rings (SSSR count). The number of ether oxygens (including phenoxy) is 2. The topological polar surface area (TPSA) is 92.3 Å². The molecular weight excluding hydrogens is 356 g/mol. The van der Waals surface area contributed by atoms with Crippen LogP contribution in [0.15, 0.2) is 54.9 Å². The number of amides is 1. The summed E-state index contributed by atoms with van der Waals surface area (Å²) >= 11 is 0. The lowest BCUT2D eigenvalue weighted by atomic mass is 10.1. The van der Waals surface area contributed by atoms with Crippen molar-refractivity contribution in [2.45, 2.75) is 32.1 Å². The van der Waals surface area contributed by atoms with Crippen LogP contribution in [0, 0.1) is 0 Å². The molecule has 28 heavy (non-hydrogen) atoms. The lowest BCUT2D eigenvalue weighted by molar-refractivity contribution is -0.0384. The minimum absolute atomic E-state index is 0.0333. The van der Waals surface area contributed by atoms with Crippen LogP contribution in [0.4, 0.5) is 0 Å². The molecule has 0 bridgehead atoms. The third-order valence-corrected chi connectivity index (χ3v) is 4.71. The summed E-state index contributed by atoms with van der Waals surface area (Å²) in [6, 6.07) is 12.8. The standard InChI is InChI=1S/C21H22N4O3/c22-21(26)16-5-3-4-15(12-16)14-28-17-7-8-18(23-13-17)19-9-10-24-25(19)20-6-1-2-11-27-20/h3-5,7-10,12-13,20H,1-2,6,11,14H2,(H2,22,26). The Morgan fingerprint density at radius 3 is 2.93 bits per heavy atom. The summed E-state index contributed by atoms with van der Waals surface area (Å²) in [4.78, 5) is 15.8. The second kappa shape index (κ2) is 8.22. The molecule has 1 amide bonds. The summed E-state index contributed by atoms with van der Waals surface area (Å²) in [5.41, 5.74) is 8.39. The normalized spacial score (nSPS) is 16.6. The summed E-state index contributed by atoms with van der Waals surface area (Å²) in [5.74, 6) is 0.194. The number of pyridine rings is 1. The monoisotopic (exact) mass is 378 g/mol. The van der Waals surface area contributed by atoms with Gasteiger partial charge in [-0.05, 0) is 55.2 Å². The first-order valence-corrected chi connectivity index (χ1v) is 9.34. The molecule has 3 heterocycles. The van der Waals surface area contributed by atoms with Gasteiger partial charge in [-0.1, -0.05) is 12.1 Å². The molecule has 1 saturated heterocycles. The first-order chi connectivity index (χ1) is 13.7. The molecule has 1 aliphatic heterocycles. The summed E-state index contributed by atoms with van der Waals surface area (Å²) < 4.78 is 13.5. The van der Waals surface area contributed by atoms with Crippen molar-refractivity contribution in [2.75, 3.05) is 6.61 Å². The minimum Gasteiger partial charge on any atom is -0.487 e. The predicted molar refractivity (Wildman–Crippen MR) is 104 cm³/mol. The average molecular weight is 378 g/mol. The Morgan fingerprint density at radius 2 is 2.18 bits per heavy atom. The van der Waals surface area contributed by atoms with E-state index in [0.717, 1.165) is 42.8 Å². The molecule has 0 saturated carbocycles. The molecule has 1 aromatic carbocycles. The van der Waals surface area contributed by atoms with Crippen molar-refractivity contribution in [1.82, 2.24) is 14.8 Å². The van der Waals surface area contributed by atoms with Crippen molar-refractivity contribution in [1.29, 1.82) is 0 Å². The SMILES string of the molecule is NC(=O)c1cccc(COc2ccc(-c3ccnn3C3CCCCO3)nc2)c1. The van der Waals surface area contributed by atoms with Crippen molar-refractivity contribution >= 4 is 5.91 Å². The summed E-state index contributed by atoms with van der Waals surface area (Å²) in [6.07, 6.45) is 6.62. The fourth-order valence-corrected chi connectivity index (χ4v) is 3.26. The second-order valence-corrected chi connectivity index (χ2v) is 6.71. The van der Waals surface area contributed by atoms with Crippen LogP contribution in [0.2, 0.25) is 0 Å². The Kier molecular flexibility index (Phi) is 5.34. The van der Waals surface area contributed by atoms with E-state index in [1.807, 2.05) is 28.9 Å². The lowest BCUT2D eigenvalue weighted by Gasteiger charge is -2.24. The molecule has 0 aliphatic carbocycles. The molecule has 2 N–H and O–H groups in total. The van der Waals surface area contributed by atoms with Crippen LogP contribution < -0.4 is 10.5 Å². The number of primary amides is 1. The van der Waals surface area contributed by atoms with Crippen molar-refractivity contribution in [3.05, 3.63) is 66.0 Å². The van der Waals surface area contributed by atoms with Gasteiger partial charge in [0.25, 0.3) is 0 Å². The molecule has 1 fully saturated rings. The highest BCUT2D eigenvalue weighted by Gasteiger charge is 2.20. The molecule has 2 aromatic heterocycles. The highest BCUT2D eigenvalue weighted by atomic mass is 16.5. The highest BCUT2D eigenvalue weighted by molar-refractivity contribution is 5.92. The number of aromatic nitrogens is 3. The minimum atomic E-state index is -0.452. The largest absolute Gasteiger partial charge is 0.487 e. The zero-order valence-electron chi connectivity index (χ0n) is 15.5. The van der Waals surface area contributed by atoms with Gasteiger partial charge in [-0.2, -0.15) is 5.10 Å². The maximum absolute atomic E-state index is 11.3. The quantitative estimate of drug-likeness (QED) is 0.710. The maximum Gasteiger partial charge on any atom is 0.248 e. The number of rotatable bonds is 6. The maximum atomic E-state index is 11.3. The summed E-state index contributed by atoms with van der Waals surface area (Å²) in [5, 5.41) is 4.42. The van der Waals surface area contributed by atoms with Gasteiger partial charge in [-0.15, -0.1) is 0 Å². The third kappa shape index (κ3) is 4.04. The Morgan fingerprint density at radius 1 is 1.25 bits per heavy atom. The van der Waals surface area contributed by atoms with Gasteiger partial charge in [0, 0.05) is 18.4 Å². The van der Waals surface area contributed by atoms with E-state index in [9.17, 15) is 4.79 Å². The Labute approximate surface area is 163 Å². The van der Waals surface area contributed by atoms with Gasteiger partial charge in [0.2, 0.25) is 5.91 Å². The predicted octanol–water partition coefficient (Wildman–Crippen LogP) is 3.32. The zero-order chi connectivity index (χ0) is 19.3. The van der Waals surface area contributed by atoms with Crippen molar-refractivity contribution < 1.29 is 14.3 Å². The van der Waals surface area contributed by atoms with E-state index in [2.05, 4.69) is 10.1 Å². The number of carbonyl (C=O) groups is 1. The molecule has 1 aliphatic rings. The van der Waals surface area contributed by atoms with Crippen LogP contribution in [0.25, 0.3) is 11.4 Å². The summed E-state index contributed by atoms with van der Waals surface area (Å²) in [7, 11) is 0. The van der Waals surface area contributed by atoms with Crippen LogP contribution >= 0.6 is 0 Å². The van der Waals surface area contributed by atoms with Gasteiger partial charge in [0.05, 0.1) is 17.6 Å². The fraction of sp³-hybridized carbons (Fsp3) is 0.286. The molecule has 7 heteroatoms.